The zero-order valence-electron chi connectivity index (χ0n) is 15.4. The van der Waals surface area contributed by atoms with Crippen molar-refractivity contribution in [3.8, 4) is 5.75 Å². The van der Waals surface area contributed by atoms with Crippen molar-refractivity contribution in [2.75, 3.05) is 13.7 Å². The summed E-state index contributed by atoms with van der Waals surface area (Å²) in [6.07, 6.45) is 2.75. The van der Waals surface area contributed by atoms with E-state index in [1.807, 2.05) is 0 Å². The number of carbonyl (C=O) groups excluding carboxylic acids is 2. The highest BCUT2D eigenvalue weighted by Crippen LogP contribution is 2.33. The molecule has 2 rings (SSSR count). The number of methoxy groups -OCH3 is 1. The molecule has 0 radical (unpaired) electrons. The molecule has 0 amide bonds. The third-order valence-electron chi connectivity index (χ3n) is 4.43. The van der Waals surface area contributed by atoms with E-state index in [0.717, 1.165) is 28.8 Å². The lowest BCUT2D eigenvalue weighted by atomic mass is 10.2. The van der Waals surface area contributed by atoms with E-state index in [2.05, 4.69) is 0 Å². The molecule has 1 aliphatic heterocycles. The number of ether oxygens (including phenoxy) is 2. The molecule has 1 aromatic rings. The van der Waals surface area contributed by atoms with Crippen LogP contribution in [0.4, 0.5) is 4.39 Å². The Labute approximate surface area is 158 Å². The Morgan fingerprint density at radius 3 is 2.85 bits per heavy atom. The van der Waals surface area contributed by atoms with Crippen molar-refractivity contribution in [2.24, 2.45) is 0 Å². The first-order chi connectivity index (χ1) is 12.8. The second-order valence-electron chi connectivity index (χ2n) is 6.41. The third-order valence-corrected chi connectivity index (χ3v) is 6.38. The van der Waals surface area contributed by atoms with Crippen LogP contribution in [0.1, 0.15) is 39.0 Å². The highest BCUT2D eigenvalue weighted by molar-refractivity contribution is 7.89. The van der Waals surface area contributed by atoms with E-state index in [9.17, 15) is 22.4 Å². The zero-order valence-corrected chi connectivity index (χ0v) is 16.2. The second-order valence-corrected chi connectivity index (χ2v) is 8.27. The van der Waals surface area contributed by atoms with Crippen molar-refractivity contribution >= 4 is 22.3 Å². The van der Waals surface area contributed by atoms with Gasteiger partial charge in [0.05, 0.1) is 13.2 Å². The molecule has 1 heterocycles. The fraction of sp³-hybridized carbons (Fsp3) is 0.556. The summed E-state index contributed by atoms with van der Waals surface area (Å²) in [5.41, 5.74) is 0. The average Bonchev–Trinajstić information content (AvgIpc) is 3.12. The van der Waals surface area contributed by atoms with Crippen LogP contribution in [0.15, 0.2) is 23.1 Å². The van der Waals surface area contributed by atoms with E-state index < -0.39 is 34.0 Å². The maximum Gasteiger partial charge on any atom is 0.324 e. The molecule has 0 aromatic heterocycles. The van der Waals surface area contributed by atoms with Crippen LogP contribution in [0.25, 0.3) is 0 Å². The van der Waals surface area contributed by atoms with Crippen molar-refractivity contribution in [1.82, 2.24) is 4.31 Å². The van der Waals surface area contributed by atoms with Crippen molar-refractivity contribution in [2.45, 2.75) is 56.1 Å². The van der Waals surface area contributed by atoms with Gasteiger partial charge >= 0.3 is 5.97 Å². The summed E-state index contributed by atoms with van der Waals surface area (Å²) >= 11 is 0. The highest BCUT2D eigenvalue weighted by atomic mass is 32.2. The number of unbranched alkanes of at least 4 members (excludes halogenated alkanes) is 1. The van der Waals surface area contributed by atoms with Crippen LogP contribution in [-0.4, -0.2) is 50.8 Å². The van der Waals surface area contributed by atoms with Gasteiger partial charge in [-0.2, -0.15) is 4.31 Å². The van der Waals surface area contributed by atoms with Crippen molar-refractivity contribution < 1.29 is 31.9 Å². The van der Waals surface area contributed by atoms with Gasteiger partial charge in [-0.25, -0.2) is 12.8 Å². The summed E-state index contributed by atoms with van der Waals surface area (Å²) in [5, 5.41) is 0. The summed E-state index contributed by atoms with van der Waals surface area (Å²) in [5.74, 6) is -1.36. The van der Waals surface area contributed by atoms with E-state index >= 15 is 0 Å². The lowest BCUT2D eigenvalue weighted by Gasteiger charge is -2.24. The molecule has 0 unspecified atom stereocenters. The van der Waals surface area contributed by atoms with Gasteiger partial charge in [-0.3, -0.25) is 4.79 Å². The smallest absolute Gasteiger partial charge is 0.324 e. The van der Waals surface area contributed by atoms with Crippen molar-refractivity contribution in [3.63, 3.8) is 0 Å². The minimum atomic E-state index is -4.08. The lowest BCUT2D eigenvalue weighted by molar-refractivity contribution is -0.144. The largest absolute Gasteiger partial charge is 0.489 e. The predicted molar refractivity (Wildman–Crippen MR) is 95.3 cm³/mol. The molecule has 0 saturated carbocycles. The molecule has 9 heteroatoms. The summed E-state index contributed by atoms with van der Waals surface area (Å²) in [4.78, 5) is 22.1. The van der Waals surface area contributed by atoms with E-state index in [4.69, 9.17) is 9.47 Å². The molecule has 0 spiro atoms. The first-order valence-electron chi connectivity index (χ1n) is 8.80. The van der Waals surface area contributed by atoms with Crippen LogP contribution in [0.5, 0.6) is 5.75 Å². The topological polar surface area (TPSA) is 90.0 Å². The number of esters is 1. The number of halogens is 1. The fourth-order valence-corrected chi connectivity index (χ4v) is 4.83. The van der Waals surface area contributed by atoms with E-state index in [1.165, 1.54) is 7.11 Å². The quantitative estimate of drug-likeness (QED) is 0.358. The lowest BCUT2D eigenvalue weighted by Crippen LogP contribution is -2.41. The van der Waals surface area contributed by atoms with Crippen molar-refractivity contribution in [3.05, 3.63) is 24.0 Å². The summed E-state index contributed by atoms with van der Waals surface area (Å²) in [7, 11) is -2.87. The molecule has 0 bridgehead atoms. The second kappa shape index (κ2) is 9.27. The summed E-state index contributed by atoms with van der Waals surface area (Å²) in [6.45, 7) is 1.90. The molecule has 7 nitrogen and oxygen atoms in total. The van der Waals surface area contributed by atoms with Crippen LogP contribution in [0, 0.1) is 5.82 Å². The number of nitrogens with zero attached hydrogens (tertiary/aromatic N) is 1. The monoisotopic (exact) mass is 401 g/mol. The Kier molecular flexibility index (Phi) is 7.32. The minimum absolute atomic E-state index is 0.107. The Morgan fingerprint density at radius 1 is 1.44 bits per heavy atom. The van der Waals surface area contributed by atoms with Gasteiger partial charge in [0.2, 0.25) is 10.0 Å². The molecule has 0 N–H and O–H groups in total. The number of aldehydes is 1. The van der Waals surface area contributed by atoms with E-state index in [1.54, 1.807) is 6.92 Å². The average molecular weight is 401 g/mol. The van der Waals surface area contributed by atoms with Crippen LogP contribution >= 0.6 is 0 Å². The van der Waals surface area contributed by atoms with Gasteiger partial charge in [-0.05, 0) is 44.7 Å². The molecule has 2 atom stereocenters. The molecule has 1 aromatic carbocycles. The van der Waals surface area contributed by atoms with Crippen LogP contribution in [0.3, 0.4) is 0 Å². The number of carbonyl (C=O) groups is 2. The SMILES string of the molecule is COC(=O)[C@@H]1CCCN1S(=O)(=O)c1ccc(F)cc1O[C@H](C)CCCC=O. The summed E-state index contributed by atoms with van der Waals surface area (Å²) in [6, 6.07) is 2.31. The Balaban J connectivity index is 2.31. The molecular formula is C18H24FNO6S. The van der Waals surface area contributed by atoms with Crippen molar-refractivity contribution in [1.29, 1.82) is 0 Å². The first-order valence-corrected chi connectivity index (χ1v) is 10.2. The maximum absolute atomic E-state index is 13.7. The minimum Gasteiger partial charge on any atom is -0.489 e. The maximum atomic E-state index is 13.7. The fourth-order valence-electron chi connectivity index (χ4n) is 3.08. The molecule has 0 aliphatic carbocycles. The van der Waals surface area contributed by atoms with Crippen LogP contribution < -0.4 is 4.74 Å². The zero-order chi connectivity index (χ0) is 20.0. The first kappa shape index (κ1) is 21.3. The van der Waals surface area contributed by atoms with Gasteiger partial charge in [0.15, 0.2) is 0 Å². The number of rotatable bonds is 9. The van der Waals surface area contributed by atoms with Crippen LogP contribution in [0.2, 0.25) is 0 Å². The van der Waals surface area contributed by atoms with Gasteiger partial charge in [0.25, 0.3) is 0 Å². The molecule has 1 saturated heterocycles. The van der Waals surface area contributed by atoms with Gasteiger partial charge in [-0.1, -0.05) is 0 Å². The Hall–Kier alpha value is -2.00. The molecule has 1 fully saturated rings. The Bertz CT molecular complexity index is 782. The van der Waals surface area contributed by atoms with Gasteiger partial charge in [-0.15, -0.1) is 0 Å². The van der Waals surface area contributed by atoms with Gasteiger partial charge in [0.1, 0.15) is 28.8 Å². The number of sulfonamides is 1. The number of hydrogen-bond acceptors (Lipinski definition) is 6. The number of benzene rings is 1. The third kappa shape index (κ3) is 5.04. The summed E-state index contributed by atoms with van der Waals surface area (Å²) < 4.78 is 51.4. The highest BCUT2D eigenvalue weighted by Gasteiger charge is 2.41. The number of hydrogen-bond donors (Lipinski definition) is 0. The molecular weight excluding hydrogens is 377 g/mol. The molecule has 1 aliphatic rings. The normalized spacial score (nSPS) is 18.9. The standard InChI is InChI=1S/C18H24FNO6S/c1-13(6-3-4-11-21)26-16-12-14(19)8-9-17(16)27(23,24)20-10-5-7-15(20)18(22)25-2/h8-9,11-13,15H,3-7,10H2,1-2H3/t13-,15+/m1/s1. The van der Waals surface area contributed by atoms with Gasteiger partial charge < -0.3 is 14.3 Å². The predicted octanol–water partition coefficient (Wildman–Crippen LogP) is 2.29. The van der Waals surface area contributed by atoms with Gasteiger partial charge in [0, 0.05) is 19.0 Å². The molecule has 150 valence electrons. The van der Waals surface area contributed by atoms with E-state index in [-0.39, 0.29) is 17.2 Å². The van der Waals surface area contributed by atoms with Crippen LogP contribution in [-0.2, 0) is 24.3 Å². The molecule has 27 heavy (non-hydrogen) atoms. The van der Waals surface area contributed by atoms with E-state index in [0.29, 0.717) is 32.1 Å². The Morgan fingerprint density at radius 2 is 2.19 bits per heavy atom.